The third-order valence-electron chi connectivity index (χ3n) is 1.01. The molecule has 1 atom stereocenters. The van der Waals surface area contributed by atoms with E-state index >= 15 is 0 Å². The molecule has 0 saturated carbocycles. The average Bonchev–Trinajstić information content (AvgIpc) is 2.14. The van der Waals surface area contributed by atoms with Crippen molar-refractivity contribution in [2.75, 3.05) is 0 Å². The summed E-state index contributed by atoms with van der Waals surface area (Å²) in [6.45, 7) is 0. The van der Waals surface area contributed by atoms with Crippen LogP contribution in [0.3, 0.4) is 0 Å². The number of carbonyl (C=O) groups excluding carboxylic acids is 1. The van der Waals surface area contributed by atoms with Gasteiger partial charge >= 0.3 is 5.97 Å². The number of aliphatic hydroxyl groups excluding tert-OH is 1. The van der Waals surface area contributed by atoms with Crippen molar-refractivity contribution in [1.29, 1.82) is 0 Å². The van der Waals surface area contributed by atoms with E-state index in [0.29, 0.717) is 0 Å². The largest absolute Gasteiger partial charge is 0.477 e. The van der Waals surface area contributed by atoms with Gasteiger partial charge in [-0.1, -0.05) is 0 Å². The molecule has 10 heavy (non-hydrogen) atoms. The molecule has 0 aromatic heterocycles. The van der Waals surface area contributed by atoms with Crippen LogP contribution in [0.15, 0.2) is 5.10 Å². The number of hydrogen-bond donors (Lipinski definition) is 3. The van der Waals surface area contributed by atoms with Crippen LogP contribution in [0.4, 0.5) is 0 Å². The van der Waals surface area contributed by atoms with Gasteiger partial charge in [0.2, 0.25) is 0 Å². The molecule has 6 heteroatoms. The number of hydrogen-bond acceptors (Lipinski definition) is 4. The van der Waals surface area contributed by atoms with Crippen molar-refractivity contribution in [1.82, 2.24) is 5.43 Å². The van der Waals surface area contributed by atoms with Gasteiger partial charge in [0.15, 0.2) is 11.8 Å². The van der Waals surface area contributed by atoms with Gasteiger partial charge in [0.05, 0.1) is 0 Å². The highest BCUT2D eigenvalue weighted by molar-refractivity contribution is 6.42. The number of nitrogens with zero attached hydrogens (tertiary/aromatic N) is 1. The number of aliphatic hydroxyl groups is 1. The predicted octanol–water partition coefficient (Wildman–Crippen LogP) is -2.08. The van der Waals surface area contributed by atoms with Crippen molar-refractivity contribution in [2.24, 2.45) is 5.10 Å². The topological polar surface area (TPSA) is 99.0 Å². The van der Waals surface area contributed by atoms with Crippen LogP contribution in [0, 0.1) is 0 Å². The standard InChI is InChI=1S/C4H4N2O4/c7-2-1(4(9)10)5-6-3(2)8/h2,7H,(H,6,8)(H,9,10). The SMILES string of the molecule is O=C(O)C1=NNC(=O)C1O. The molecule has 1 rings (SSSR count). The number of nitrogens with one attached hydrogen (secondary N) is 1. The monoisotopic (exact) mass is 144 g/mol. The molecule has 1 aliphatic rings. The Bertz CT molecular complexity index is 221. The summed E-state index contributed by atoms with van der Waals surface area (Å²) < 4.78 is 0. The Labute approximate surface area is 55.2 Å². The molecule has 0 fully saturated rings. The molecule has 0 bridgehead atoms. The third-order valence-corrected chi connectivity index (χ3v) is 1.01. The molecule has 0 saturated heterocycles. The van der Waals surface area contributed by atoms with Gasteiger partial charge in [0.1, 0.15) is 0 Å². The fourth-order valence-electron chi connectivity index (χ4n) is 0.527. The lowest BCUT2D eigenvalue weighted by molar-refractivity contribution is -0.131. The Hall–Kier alpha value is -1.43. The molecule has 1 amide bonds. The van der Waals surface area contributed by atoms with Crippen molar-refractivity contribution in [3.8, 4) is 0 Å². The number of aliphatic carboxylic acids is 1. The zero-order valence-electron chi connectivity index (χ0n) is 4.74. The summed E-state index contributed by atoms with van der Waals surface area (Å²) in [4.78, 5) is 20.4. The van der Waals surface area contributed by atoms with Crippen molar-refractivity contribution in [3.63, 3.8) is 0 Å². The number of hydrazone groups is 1. The van der Waals surface area contributed by atoms with Gasteiger partial charge in [-0.05, 0) is 0 Å². The second-order valence-corrected chi connectivity index (χ2v) is 1.68. The summed E-state index contributed by atoms with van der Waals surface area (Å²) in [5.41, 5.74) is 1.25. The van der Waals surface area contributed by atoms with Crippen LogP contribution in [0.2, 0.25) is 0 Å². The Morgan fingerprint density at radius 3 is 2.50 bits per heavy atom. The van der Waals surface area contributed by atoms with Gasteiger partial charge in [-0.25, -0.2) is 10.2 Å². The predicted molar refractivity (Wildman–Crippen MR) is 29.2 cm³/mol. The summed E-state index contributed by atoms with van der Waals surface area (Å²) in [6, 6.07) is 0. The van der Waals surface area contributed by atoms with E-state index in [-0.39, 0.29) is 0 Å². The molecule has 0 aromatic rings. The second-order valence-electron chi connectivity index (χ2n) is 1.68. The molecule has 0 aliphatic carbocycles. The molecule has 0 aromatic carbocycles. The molecular formula is C4H4N2O4. The van der Waals surface area contributed by atoms with Crippen LogP contribution < -0.4 is 5.43 Å². The van der Waals surface area contributed by atoms with Gasteiger partial charge in [0, 0.05) is 0 Å². The lowest BCUT2D eigenvalue weighted by Gasteiger charge is -1.94. The highest BCUT2D eigenvalue weighted by Gasteiger charge is 2.32. The molecule has 0 radical (unpaired) electrons. The summed E-state index contributed by atoms with van der Waals surface area (Å²) in [5.74, 6) is -2.21. The smallest absolute Gasteiger partial charge is 0.355 e. The summed E-state index contributed by atoms with van der Waals surface area (Å²) in [6.07, 6.45) is -1.63. The van der Waals surface area contributed by atoms with E-state index < -0.39 is 23.7 Å². The number of amides is 1. The van der Waals surface area contributed by atoms with Gasteiger partial charge in [-0.3, -0.25) is 4.79 Å². The fraction of sp³-hybridized carbons (Fsp3) is 0.250. The van der Waals surface area contributed by atoms with Gasteiger partial charge < -0.3 is 10.2 Å². The minimum Gasteiger partial charge on any atom is -0.477 e. The van der Waals surface area contributed by atoms with Crippen molar-refractivity contribution in [3.05, 3.63) is 0 Å². The highest BCUT2D eigenvalue weighted by atomic mass is 16.4. The first-order chi connectivity index (χ1) is 4.63. The Balaban J connectivity index is 2.81. The summed E-state index contributed by atoms with van der Waals surface area (Å²) in [7, 11) is 0. The molecule has 0 spiro atoms. The number of carboxylic acid groups (broad SMARTS) is 1. The first-order valence-corrected chi connectivity index (χ1v) is 2.41. The molecule has 3 N–H and O–H groups in total. The second kappa shape index (κ2) is 2.07. The van der Waals surface area contributed by atoms with E-state index in [0.717, 1.165) is 0 Å². The lowest BCUT2D eigenvalue weighted by Crippen LogP contribution is -2.32. The average molecular weight is 144 g/mol. The number of rotatable bonds is 1. The van der Waals surface area contributed by atoms with Crippen molar-refractivity contribution in [2.45, 2.75) is 6.10 Å². The van der Waals surface area contributed by atoms with E-state index in [1.165, 1.54) is 0 Å². The first kappa shape index (κ1) is 6.69. The van der Waals surface area contributed by atoms with Gasteiger partial charge in [-0.2, -0.15) is 5.10 Å². The minimum absolute atomic E-state index is 0.565. The maximum absolute atomic E-state index is 10.3. The molecular weight excluding hydrogens is 140 g/mol. The Morgan fingerprint density at radius 2 is 2.30 bits per heavy atom. The maximum Gasteiger partial charge on any atom is 0.355 e. The zero-order valence-corrected chi connectivity index (χ0v) is 4.74. The molecule has 1 unspecified atom stereocenters. The lowest BCUT2D eigenvalue weighted by atomic mass is 10.2. The van der Waals surface area contributed by atoms with E-state index in [1.54, 1.807) is 0 Å². The van der Waals surface area contributed by atoms with E-state index in [2.05, 4.69) is 5.10 Å². The van der Waals surface area contributed by atoms with Crippen LogP contribution in [0.1, 0.15) is 0 Å². The van der Waals surface area contributed by atoms with Crippen LogP contribution in [0.5, 0.6) is 0 Å². The third kappa shape index (κ3) is 0.841. The summed E-state index contributed by atoms with van der Waals surface area (Å²) >= 11 is 0. The normalized spacial score (nSPS) is 23.9. The van der Waals surface area contributed by atoms with Crippen LogP contribution in [0.25, 0.3) is 0 Å². The molecule has 6 nitrogen and oxygen atoms in total. The quantitative estimate of drug-likeness (QED) is 0.393. The number of carbonyl (C=O) groups is 2. The van der Waals surface area contributed by atoms with E-state index in [4.69, 9.17) is 10.2 Å². The summed E-state index contributed by atoms with van der Waals surface area (Å²) in [5, 5.41) is 20.0. The molecule has 1 heterocycles. The van der Waals surface area contributed by atoms with Gasteiger partial charge in [0.25, 0.3) is 5.91 Å². The number of carboxylic acids is 1. The maximum atomic E-state index is 10.3. The van der Waals surface area contributed by atoms with Crippen molar-refractivity contribution < 1.29 is 19.8 Å². The van der Waals surface area contributed by atoms with Crippen LogP contribution in [-0.2, 0) is 9.59 Å². The van der Waals surface area contributed by atoms with E-state index in [1.807, 2.05) is 5.43 Å². The van der Waals surface area contributed by atoms with Crippen LogP contribution in [-0.4, -0.2) is 33.9 Å². The fourth-order valence-corrected chi connectivity index (χ4v) is 0.527. The van der Waals surface area contributed by atoms with Crippen molar-refractivity contribution >= 4 is 17.6 Å². The zero-order chi connectivity index (χ0) is 7.72. The highest BCUT2D eigenvalue weighted by Crippen LogP contribution is 1.96. The van der Waals surface area contributed by atoms with E-state index in [9.17, 15) is 9.59 Å². The minimum atomic E-state index is -1.63. The van der Waals surface area contributed by atoms with Gasteiger partial charge in [-0.15, -0.1) is 0 Å². The first-order valence-electron chi connectivity index (χ1n) is 2.41. The Kier molecular flexibility index (Phi) is 1.38. The Morgan fingerprint density at radius 1 is 1.70 bits per heavy atom. The van der Waals surface area contributed by atoms with Crippen LogP contribution >= 0.6 is 0 Å². The molecule has 54 valence electrons. The molecule has 1 aliphatic heterocycles.